The van der Waals surface area contributed by atoms with Crippen molar-refractivity contribution < 1.29 is 0 Å². The molecule has 0 amide bonds. The summed E-state index contributed by atoms with van der Waals surface area (Å²) < 4.78 is 0. The van der Waals surface area contributed by atoms with Crippen molar-refractivity contribution in [2.45, 2.75) is 37.1 Å². The van der Waals surface area contributed by atoms with E-state index in [1.165, 1.54) is 23.4 Å². The molecule has 1 heterocycles. The van der Waals surface area contributed by atoms with Crippen molar-refractivity contribution in [2.75, 3.05) is 30.8 Å². The Morgan fingerprint density at radius 2 is 2.28 bits per heavy atom. The Labute approximate surface area is 115 Å². The largest absolute Gasteiger partial charge is 0.370 e. The Morgan fingerprint density at radius 1 is 1.44 bits per heavy atom. The fourth-order valence-corrected chi connectivity index (χ4v) is 2.93. The maximum atomic E-state index is 3.69. The molecular weight excluding hydrogens is 240 g/mol. The number of nitrogens with one attached hydrogen (secondary N) is 1. The summed E-state index contributed by atoms with van der Waals surface area (Å²) in [7, 11) is 0. The van der Waals surface area contributed by atoms with Gasteiger partial charge in [-0.1, -0.05) is 13.0 Å². The molecule has 2 nitrogen and oxygen atoms in total. The highest BCUT2D eigenvalue weighted by Gasteiger charge is 2.27. The zero-order valence-electron chi connectivity index (χ0n) is 11.7. The van der Waals surface area contributed by atoms with E-state index in [9.17, 15) is 0 Å². The van der Waals surface area contributed by atoms with Crippen LogP contribution in [0, 0.1) is 0 Å². The van der Waals surface area contributed by atoms with E-state index in [-0.39, 0.29) is 5.54 Å². The number of hydrogen-bond acceptors (Lipinski definition) is 3. The minimum Gasteiger partial charge on any atom is -0.370 e. The van der Waals surface area contributed by atoms with Crippen molar-refractivity contribution >= 4 is 17.4 Å². The second-order valence-electron chi connectivity index (χ2n) is 5.32. The maximum absolute atomic E-state index is 3.69. The molecule has 1 saturated heterocycles. The standard InChI is InChI=1S/C15H24N2S/c1-4-15(2)12-17(10-6-9-16-15)13-7-5-8-14(11-13)18-3/h5,7-8,11,16H,4,6,9-10,12H2,1-3H3. The Kier molecular flexibility index (Phi) is 4.57. The predicted octanol–water partition coefficient (Wildman–Crippen LogP) is 3.38. The van der Waals surface area contributed by atoms with E-state index < -0.39 is 0 Å². The molecule has 1 fully saturated rings. The monoisotopic (exact) mass is 264 g/mol. The third-order valence-corrected chi connectivity index (χ3v) is 4.62. The Bertz CT molecular complexity index is 394. The highest BCUT2D eigenvalue weighted by molar-refractivity contribution is 7.98. The van der Waals surface area contributed by atoms with Crippen molar-refractivity contribution in [2.24, 2.45) is 0 Å². The average molecular weight is 264 g/mol. The first kappa shape index (κ1) is 13.8. The smallest absolute Gasteiger partial charge is 0.0378 e. The molecular formula is C15H24N2S. The summed E-state index contributed by atoms with van der Waals surface area (Å²) in [5.41, 5.74) is 1.61. The molecule has 0 radical (unpaired) electrons. The minimum atomic E-state index is 0.242. The summed E-state index contributed by atoms with van der Waals surface area (Å²) in [5, 5.41) is 3.69. The minimum absolute atomic E-state index is 0.242. The lowest BCUT2D eigenvalue weighted by Gasteiger charge is -2.34. The summed E-state index contributed by atoms with van der Waals surface area (Å²) >= 11 is 1.82. The molecule has 1 aliphatic heterocycles. The van der Waals surface area contributed by atoms with Crippen molar-refractivity contribution in [3.05, 3.63) is 24.3 Å². The molecule has 2 rings (SSSR count). The van der Waals surface area contributed by atoms with Crippen LogP contribution >= 0.6 is 11.8 Å². The lowest BCUT2D eigenvalue weighted by atomic mass is 9.98. The number of anilines is 1. The van der Waals surface area contributed by atoms with Crippen LogP contribution in [0.15, 0.2) is 29.2 Å². The van der Waals surface area contributed by atoms with E-state index >= 15 is 0 Å². The zero-order valence-corrected chi connectivity index (χ0v) is 12.5. The number of benzene rings is 1. The fourth-order valence-electron chi connectivity index (χ4n) is 2.48. The van der Waals surface area contributed by atoms with Gasteiger partial charge in [-0.2, -0.15) is 0 Å². The van der Waals surface area contributed by atoms with Crippen LogP contribution in [0.2, 0.25) is 0 Å². The van der Waals surface area contributed by atoms with Crippen molar-refractivity contribution in [1.29, 1.82) is 0 Å². The Hall–Kier alpha value is -0.670. The van der Waals surface area contributed by atoms with Gasteiger partial charge in [-0.3, -0.25) is 0 Å². The predicted molar refractivity (Wildman–Crippen MR) is 81.8 cm³/mol. The number of thioether (sulfide) groups is 1. The van der Waals surface area contributed by atoms with Crippen LogP contribution in [0.5, 0.6) is 0 Å². The number of rotatable bonds is 3. The molecule has 1 aliphatic rings. The van der Waals surface area contributed by atoms with E-state index in [4.69, 9.17) is 0 Å². The van der Waals surface area contributed by atoms with Crippen molar-refractivity contribution in [3.8, 4) is 0 Å². The van der Waals surface area contributed by atoms with E-state index in [2.05, 4.69) is 54.6 Å². The van der Waals surface area contributed by atoms with Gasteiger partial charge < -0.3 is 10.2 Å². The average Bonchev–Trinajstić information content (AvgIpc) is 2.62. The highest BCUT2D eigenvalue weighted by Crippen LogP contribution is 2.25. The summed E-state index contributed by atoms with van der Waals surface area (Å²) in [6.45, 7) is 7.99. The molecule has 0 aliphatic carbocycles. The van der Waals surface area contributed by atoms with Crippen LogP contribution in [-0.2, 0) is 0 Å². The molecule has 0 saturated carbocycles. The van der Waals surface area contributed by atoms with Crippen molar-refractivity contribution in [3.63, 3.8) is 0 Å². The first-order valence-corrected chi connectivity index (χ1v) is 8.03. The van der Waals surface area contributed by atoms with E-state index in [1.54, 1.807) is 0 Å². The Balaban J connectivity index is 2.19. The van der Waals surface area contributed by atoms with Gasteiger partial charge in [0.1, 0.15) is 0 Å². The van der Waals surface area contributed by atoms with Crippen LogP contribution in [0.25, 0.3) is 0 Å². The highest BCUT2D eigenvalue weighted by atomic mass is 32.2. The molecule has 1 aromatic carbocycles. The first-order valence-electron chi connectivity index (χ1n) is 6.81. The van der Waals surface area contributed by atoms with Gasteiger partial charge in [0.25, 0.3) is 0 Å². The van der Waals surface area contributed by atoms with Crippen LogP contribution in [-0.4, -0.2) is 31.4 Å². The topological polar surface area (TPSA) is 15.3 Å². The third kappa shape index (κ3) is 3.21. The summed E-state index contributed by atoms with van der Waals surface area (Å²) in [4.78, 5) is 3.88. The lowest BCUT2D eigenvalue weighted by Crippen LogP contribution is -2.48. The number of nitrogens with zero attached hydrogens (tertiary/aromatic N) is 1. The molecule has 100 valence electrons. The van der Waals surface area contributed by atoms with Crippen LogP contribution in [0.1, 0.15) is 26.7 Å². The molecule has 0 spiro atoms. The van der Waals surface area contributed by atoms with E-state index in [0.717, 1.165) is 19.6 Å². The van der Waals surface area contributed by atoms with Crippen molar-refractivity contribution in [1.82, 2.24) is 5.32 Å². The molecule has 0 bridgehead atoms. The Morgan fingerprint density at radius 3 is 3.00 bits per heavy atom. The second-order valence-corrected chi connectivity index (χ2v) is 6.20. The molecule has 0 aromatic heterocycles. The third-order valence-electron chi connectivity index (χ3n) is 3.90. The van der Waals surface area contributed by atoms with E-state index in [0.29, 0.717) is 0 Å². The van der Waals surface area contributed by atoms with Gasteiger partial charge in [0, 0.05) is 29.2 Å². The van der Waals surface area contributed by atoms with Crippen LogP contribution in [0.4, 0.5) is 5.69 Å². The van der Waals surface area contributed by atoms with Crippen LogP contribution in [0.3, 0.4) is 0 Å². The quantitative estimate of drug-likeness (QED) is 0.843. The normalized spacial score (nSPS) is 24.9. The van der Waals surface area contributed by atoms with Crippen LogP contribution < -0.4 is 10.2 Å². The zero-order chi connectivity index (χ0) is 13.0. The molecule has 1 aromatic rings. The van der Waals surface area contributed by atoms with Gasteiger partial charge in [0.05, 0.1) is 0 Å². The SMILES string of the molecule is CCC1(C)CN(c2cccc(SC)c2)CCCN1. The molecule has 1 N–H and O–H groups in total. The maximum Gasteiger partial charge on any atom is 0.0378 e. The second kappa shape index (κ2) is 5.98. The molecule has 1 atom stereocenters. The number of hydrogen-bond donors (Lipinski definition) is 1. The molecule has 18 heavy (non-hydrogen) atoms. The van der Waals surface area contributed by atoms with Gasteiger partial charge in [-0.25, -0.2) is 0 Å². The van der Waals surface area contributed by atoms with Gasteiger partial charge in [0.2, 0.25) is 0 Å². The summed E-state index contributed by atoms with van der Waals surface area (Å²) in [5.74, 6) is 0. The first-order chi connectivity index (χ1) is 8.67. The fraction of sp³-hybridized carbons (Fsp3) is 0.600. The van der Waals surface area contributed by atoms with E-state index in [1.807, 2.05) is 11.8 Å². The lowest BCUT2D eigenvalue weighted by molar-refractivity contribution is 0.366. The summed E-state index contributed by atoms with van der Waals surface area (Å²) in [6, 6.07) is 8.90. The molecule has 1 unspecified atom stereocenters. The van der Waals surface area contributed by atoms with Gasteiger partial charge >= 0.3 is 0 Å². The van der Waals surface area contributed by atoms with Gasteiger partial charge in [-0.05, 0) is 50.8 Å². The van der Waals surface area contributed by atoms with Gasteiger partial charge in [-0.15, -0.1) is 11.8 Å². The van der Waals surface area contributed by atoms with Gasteiger partial charge in [0.15, 0.2) is 0 Å². The molecule has 3 heteroatoms. The summed E-state index contributed by atoms with van der Waals surface area (Å²) in [6.07, 6.45) is 4.53.